The maximum atomic E-state index is 14.2. The molecule has 2 aromatic carbocycles. The number of rotatable bonds is 19. The molecule has 3 N–H and O–H groups in total. The van der Waals surface area contributed by atoms with Crippen LogP contribution < -0.4 is 15.8 Å². The first kappa shape index (κ1) is 31.6. The lowest BCUT2D eigenvalue weighted by Crippen LogP contribution is -2.35. The third-order valence-corrected chi connectivity index (χ3v) is 9.03. The summed E-state index contributed by atoms with van der Waals surface area (Å²) < 4.78 is 46.4. The van der Waals surface area contributed by atoms with Crippen LogP contribution in [-0.4, -0.2) is 50.6 Å². The molecule has 1 saturated carbocycles. The van der Waals surface area contributed by atoms with Gasteiger partial charge in [0.05, 0.1) is 12.4 Å². The summed E-state index contributed by atoms with van der Waals surface area (Å²) in [6.07, 6.45) is 12.1. The summed E-state index contributed by atoms with van der Waals surface area (Å²) in [5, 5.41) is 3.69. The van der Waals surface area contributed by atoms with E-state index in [2.05, 4.69) is 23.4 Å². The van der Waals surface area contributed by atoms with E-state index in [-0.39, 0.29) is 23.5 Å². The number of carbonyl (C=O) groups is 1. The van der Waals surface area contributed by atoms with Crippen LogP contribution in [0.15, 0.2) is 42.5 Å². The highest BCUT2D eigenvalue weighted by Gasteiger charge is 2.43. The van der Waals surface area contributed by atoms with Crippen molar-refractivity contribution < 1.29 is 22.3 Å². The van der Waals surface area contributed by atoms with Gasteiger partial charge in [0.2, 0.25) is 15.9 Å². The molecule has 1 amide bonds. The van der Waals surface area contributed by atoms with Gasteiger partial charge in [-0.15, -0.1) is 6.42 Å². The first-order valence-corrected chi connectivity index (χ1v) is 15.8. The SMILES string of the molecule is C#Cc1cccc(C2(NCCCCc3cc(F)cc(OCCCCN(CCC)S(=O)(=O)CCC(N)=O)c3)CC2)c1. The van der Waals surface area contributed by atoms with Crippen molar-refractivity contribution in [2.24, 2.45) is 5.73 Å². The van der Waals surface area contributed by atoms with Crippen LogP contribution in [0.5, 0.6) is 5.75 Å². The van der Waals surface area contributed by atoms with Crippen LogP contribution in [0.1, 0.15) is 75.0 Å². The van der Waals surface area contributed by atoms with Crippen LogP contribution in [0, 0.1) is 18.2 Å². The van der Waals surface area contributed by atoms with Crippen LogP contribution in [0.3, 0.4) is 0 Å². The average Bonchev–Trinajstić information content (AvgIpc) is 3.72. The Labute approximate surface area is 238 Å². The largest absolute Gasteiger partial charge is 0.493 e. The number of halogens is 1. The highest BCUT2D eigenvalue weighted by Crippen LogP contribution is 2.45. The summed E-state index contributed by atoms with van der Waals surface area (Å²) in [5.41, 5.74) is 8.18. The number of nitrogens with one attached hydrogen (secondary N) is 1. The minimum Gasteiger partial charge on any atom is -0.493 e. The normalized spacial score (nSPS) is 14.2. The number of nitrogens with two attached hydrogens (primary N) is 1. The highest BCUT2D eigenvalue weighted by atomic mass is 32.2. The van der Waals surface area contributed by atoms with Crippen LogP contribution in [0.25, 0.3) is 0 Å². The van der Waals surface area contributed by atoms with Gasteiger partial charge >= 0.3 is 0 Å². The molecule has 3 rings (SSSR count). The van der Waals surface area contributed by atoms with Gasteiger partial charge in [-0.05, 0) is 93.3 Å². The molecular weight excluding hydrogens is 529 g/mol. The molecule has 0 aromatic heterocycles. The zero-order valence-corrected chi connectivity index (χ0v) is 24.3. The molecule has 1 aliphatic carbocycles. The standard InChI is InChI=1S/C31H42FN3O4S/c1-3-17-35(40(37,38)20-13-30(33)36)18-7-8-19-39-29-23-26(22-28(32)24-29)10-5-6-16-34-31(14-15-31)27-12-9-11-25(4-2)21-27/h2,9,11-12,21-24,34H,3,5-8,10,13-20H2,1H3,(H2,33,36). The minimum absolute atomic E-state index is 0.0357. The molecule has 7 nitrogen and oxygen atoms in total. The molecule has 0 aliphatic heterocycles. The Morgan fingerprint density at radius 3 is 2.65 bits per heavy atom. The second-order valence-electron chi connectivity index (χ2n) is 10.5. The monoisotopic (exact) mass is 571 g/mol. The van der Waals surface area contributed by atoms with Crippen LogP contribution >= 0.6 is 0 Å². The number of aryl methyl sites for hydroxylation is 1. The van der Waals surface area contributed by atoms with Crippen molar-refractivity contribution in [2.45, 2.75) is 70.3 Å². The van der Waals surface area contributed by atoms with E-state index in [1.54, 1.807) is 6.07 Å². The number of hydrogen-bond donors (Lipinski definition) is 2. The Morgan fingerprint density at radius 2 is 1.95 bits per heavy atom. The average molecular weight is 572 g/mol. The predicted molar refractivity (Wildman–Crippen MR) is 157 cm³/mol. The van der Waals surface area contributed by atoms with Gasteiger partial charge in [-0.2, -0.15) is 0 Å². The fourth-order valence-electron chi connectivity index (χ4n) is 4.81. The predicted octanol–water partition coefficient (Wildman–Crippen LogP) is 4.48. The van der Waals surface area contributed by atoms with Crippen LogP contribution in [0.2, 0.25) is 0 Å². The third kappa shape index (κ3) is 9.92. The number of nitrogens with zero attached hydrogens (tertiary/aromatic N) is 1. The summed E-state index contributed by atoms with van der Waals surface area (Å²) in [5.74, 6) is 1.96. The molecule has 0 unspecified atom stereocenters. The molecule has 0 radical (unpaired) electrons. The minimum atomic E-state index is -3.53. The van der Waals surface area contributed by atoms with Crippen LogP contribution in [0.4, 0.5) is 4.39 Å². The van der Waals surface area contributed by atoms with E-state index < -0.39 is 15.9 Å². The number of hydrogen-bond acceptors (Lipinski definition) is 5. The molecule has 9 heteroatoms. The third-order valence-electron chi connectivity index (χ3n) is 7.16. The summed E-state index contributed by atoms with van der Waals surface area (Å²) in [6, 6.07) is 13.0. The van der Waals surface area contributed by atoms with Gasteiger partial charge in [-0.25, -0.2) is 17.1 Å². The quantitative estimate of drug-likeness (QED) is 0.191. The van der Waals surface area contributed by atoms with Crippen molar-refractivity contribution in [3.05, 3.63) is 65.0 Å². The highest BCUT2D eigenvalue weighted by molar-refractivity contribution is 7.89. The Balaban J connectivity index is 1.38. The summed E-state index contributed by atoms with van der Waals surface area (Å²) in [6.45, 7) is 3.88. The van der Waals surface area contributed by atoms with Gasteiger partial charge in [0.1, 0.15) is 11.6 Å². The number of amides is 1. The van der Waals surface area contributed by atoms with Gasteiger partial charge in [0, 0.05) is 36.7 Å². The van der Waals surface area contributed by atoms with Crippen molar-refractivity contribution in [1.82, 2.24) is 9.62 Å². The molecule has 1 aliphatic rings. The zero-order chi connectivity index (χ0) is 29.0. The number of benzene rings is 2. The van der Waals surface area contributed by atoms with E-state index in [0.29, 0.717) is 44.7 Å². The maximum Gasteiger partial charge on any atom is 0.218 e. The van der Waals surface area contributed by atoms with Crippen molar-refractivity contribution in [1.29, 1.82) is 0 Å². The lowest BCUT2D eigenvalue weighted by Gasteiger charge is -2.21. The van der Waals surface area contributed by atoms with Crippen molar-refractivity contribution in [3.8, 4) is 18.1 Å². The molecule has 0 spiro atoms. The number of sulfonamides is 1. The van der Waals surface area contributed by atoms with Crippen molar-refractivity contribution in [2.75, 3.05) is 32.0 Å². The summed E-state index contributed by atoms with van der Waals surface area (Å²) in [4.78, 5) is 11.0. The summed E-state index contributed by atoms with van der Waals surface area (Å²) in [7, 11) is -3.53. The lowest BCUT2D eigenvalue weighted by atomic mass is 10.0. The van der Waals surface area contributed by atoms with E-state index in [9.17, 15) is 17.6 Å². The van der Waals surface area contributed by atoms with Gasteiger partial charge < -0.3 is 15.8 Å². The number of ether oxygens (including phenoxy) is 1. The fourth-order valence-corrected chi connectivity index (χ4v) is 6.39. The molecule has 218 valence electrons. The van der Waals surface area contributed by atoms with E-state index >= 15 is 0 Å². The molecule has 0 heterocycles. The smallest absolute Gasteiger partial charge is 0.218 e. The maximum absolute atomic E-state index is 14.2. The van der Waals surface area contributed by atoms with Gasteiger partial charge in [-0.3, -0.25) is 4.79 Å². The number of unbranched alkanes of at least 4 members (excludes halogenated alkanes) is 2. The van der Waals surface area contributed by atoms with E-state index in [0.717, 1.165) is 49.8 Å². The first-order valence-electron chi connectivity index (χ1n) is 14.2. The van der Waals surface area contributed by atoms with Gasteiger partial charge in [0.15, 0.2) is 0 Å². The van der Waals surface area contributed by atoms with Crippen LogP contribution in [-0.2, 0) is 26.8 Å². The topological polar surface area (TPSA) is 102 Å². The molecule has 40 heavy (non-hydrogen) atoms. The zero-order valence-electron chi connectivity index (χ0n) is 23.5. The van der Waals surface area contributed by atoms with E-state index in [1.807, 2.05) is 25.1 Å². The number of terminal acetylenes is 1. The Bertz CT molecular complexity index is 1270. The van der Waals surface area contributed by atoms with Gasteiger partial charge in [-0.1, -0.05) is 25.0 Å². The molecule has 0 atom stereocenters. The molecule has 0 saturated heterocycles. The van der Waals surface area contributed by atoms with E-state index in [4.69, 9.17) is 16.9 Å². The molecular formula is C31H42FN3O4S. The first-order chi connectivity index (χ1) is 19.2. The summed E-state index contributed by atoms with van der Waals surface area (Å²) >= 11 is 0. The Kier molecular flexibility index (Phi) is 12.0. The second kappa shape index (κ2) is 15.2. The van der Waals surface area contributed by atoms with E-state index in [1.165, 1.54) is 15.9 Å². The Morgan fingerprint density at radius 1 is 1.15 bits per heavy atom. The Hall–Kier alpha value is -2.93. The van der Waals surface area contributed by atoms with Gasteiger partial charge in [0.25, 0.3) is 0 Å². The molecule has 0 bridgehead atoms. The lowest BCUT2D eigenvalue weighted by molar-refractivity contribution is -0.117. The fraction of sp³-hybridized carbons (Fsp3) is 0.516. The molecule has 2 aromatic rings. The number of primary amides is 1. The second-order valence-corrected chi connectivity index (χ2v) is 12.6. The number of carbonyl (C=O) groups excluding carboxylic acids is 1. The van der Waals surface area contributed by atoms with Crippen molar-refractivity contribution >= 4 is 15.9 Å². The van der Waals surface area contributed by atoms with Crippen molar-refractivity contribution in [3.63, 3.8) is 0 Å². The molecule has 1 fully saturated rings.